The van der Waals surface area contributed by atoms with Gasteiger partial charge < -0.3 is 9.47 Å². The van der Waals surface area contributed by atoms with Crippen LogP contribution in [-0.4, -0.2) is 57.0 Å². The van der Waals surface area contributed by atoms with Gasteiger partial charge in [-0.2, -0.15) is 0 Å². The number of fused-ring (bicyclic) bond motifs is 3. The van der Waals surface area contributed by atoms with Gasteiger partial charge in [0.05, 0.1) is 11.0 Å². The van der Waals surface area contributed by atoms with Gasteiger partial charge in [-0.15, -0.1) is 0 Å². The first-order valence-corrected chi connectivity index (χ1v) is 16.6. The summed E-state index contributed by atoms with van der Waals surface area (Å²) in [6.07, 6.45) is 8.26. The van der Waals surface area contributed by atoms with Gasteiger partial charge in [-0.05, 0) is 105 Å². The van der Waals surface area contributed by atoms with Gasteiger partial charge in [0.25, 0.3) is 5.91 Å². The Balaban J connectivity index is 1.05. The van der Waals surface area contributed by atoms with Gasteiger partial charge in [-0.3, -0.25) is 9.69 Å². The normalized spacial score (nSPS) is 23.7. The van der Waals surface area contributed by atoms with Crippen molar-refractivity contribution < 1.29 is 4.79 Å². The maximum Gasteiger partial charge on any atom is 0.253 e. The average Bonchev–Trinajstić information content (AvgIpc) is 3.50. The lowest BCUT2D eigenvalue weighted by atomic mass is 9.70. The molecule has 1 unspecified atom stereocenters. The molecule has 3 aliphatic rings. The Labute approximate surface area is 256 Å². The second kappa shape index (κ2) is 11.6. The fraction of sp³-hybridized carbons (Fsp3) is 0.474. The van der Waals surface area contributed by atoms with Crippen LogP contribution in [0.5, 0.6) is 0 Å². The van der Waals surface area contributed by atoms with Crippen molar-refractivity contribution in [2.45, 2.75) is 95.2 Å². The summed E-state index contributed by atoms with van der Waals surface area (Å²) in [5.74, 6) is 1.81. The molecule has 3 saturated heterocycles. The van der Waals surface area contributed by atoms with Gasteiger partial charge in [0.15, 0.2) is 0 Å². The zero-order valence-electron chi connectivity index (χ0n) is 26.1. The van der Waals surface area contributed by atoms with E-state index in [4.69, 9.17) is 4.98 Å². The van der Waals surface area contributed by atoms with E-state index < -0.39 is 0 Å². The molecule has 7 rings (SSSR count). The quantitative estimate of drug-likeness (QED) is 0.225. The molecule has 4 aromatic rings. The first-order chi connectivity index (χ1) is 20.9. The van der Waals surface area contributed by atoms with Crippen molar-refractivity contribution in [3.63, 3.8) is 0 Å². The highest BCUT2D eigenvalue weighted by molar-refractivity contribution is 5.94. The molecular formula is C38H46N4O. The predicted molar refractivity (Wildman–Crippen MR) is 175 cm³/mol. The molecule has 3 fully saturated rings. The van der Waals surface area contributed by atoms with Crippen LogP contribution >= 0.6 is 0 Å². The molecule has 43 heavy (non-hydrogen) atoms. The summed E-state index contributed by atoms with van der Waals surface area (Å²) in [5.41, 5.74) is 6.08. The molecule has 3 aromatic carbocycles. The lowest BCUT2D eigenvalue weighted by Gasteiger charge is -2.45. The monoisotopic (exact) mass is 574 g/mol. The Morgan fingerprint density at radius 3 is 2.19 bits per heavy atom. The van der Waals surface area contributed by atoms with Crippen molar-refractivity contribution in [2.75, 3.05) is 19.6 Å². The number of carbonyl (C=O) groups excluding carboxylic acids is 1. The summed E-state index contributed by atoms with van der Waals surface area (Å²) in [7, 11) is 0. The van der Waals surface area contributed by atoms with Gasteiger partial charge >= 0.3 is 0 Å². The molecule has 224 valence electrons. The number of nitrogens with zero attached hydrogens (tertiary/aromatic N) is 4. The number of rotatable bonds is 7. The number of aromatic nitrogens is 2. The van der Waals surface area contributed by atoms with Gasteiger partial charge in [0.1, 0.15) is 5.82 Å². The van der Waals surface area contributed by atoms with Crippen LogP contribution in [0.1, 0.15) is 98.1 Å². The second-order valence-electron chi connectivity index (χ2n) is 13.7. The molecule has 1 amide bonds. The number of hydrogen-bond donors (Lipinski definition) is 0. The van der Waals surface area contributed by atoms with E-state index in [-0.39, 0.29) is 11.3 Å². The van der Waals surface area contributed by atoms with Crippen LogP contribution in [0, 0.1) is 6.92 Å². The van der Waals surface area contributed by atoms with E-state index in [9.17, 15) is 4.79 Å². The number of amides is 1. The third kappa shape index (κ3) is 5.31. The van der Waals surface area contributed by atoms with Gasteiger partial charge in [0, 0.05) is 36.8 Å². The van der Waals surface area contributed by atoms with Crippen molar-refractivity contribution in [1.82, 2.24) is 19.4 Å². The molecule has 5 heteroatoms. The number of aryl methyl sites for hydroxylation is 1. The Kier molecular flexibility index (Phi) is 7.63. The minimum absolute atomic E-state index is 0.118. The fourth-order valence-electron chi connectivity index (χ4n) is 8.60. The largest absolute Gasteiger partial charge is 0.339 e. The van der Waals surface area contributed by atoms with Crippen LogP contribution in [-0.2, 0) is 5.41 Å². The third-order valence-corrected chi connectivity index (χ3v) is 11.1. The molecule has 5 nitrogen and oxygen atoms in total. The molecule has 4 heterocycles. The Morgan fingerprint density at radius 2 is 1.51 bits per heavy atom. The maximum atomic E-state index is 13.5. The standard InChI is InChI=1S/C38H46N4O/c1-27(2)29-13-15-30(16-14-29)37(43)40-22-19-38(20-23-40,31-9-5-4-6-10-31)21-24-41-32-17-18-33(41)26-34(25-32)42-28(3)39-35-11-7-8-12-36(35)42/h4-16,27,32-34H,17-26H2,1-3H3/t32-,33+,34?. The summed E-state index contributed by atoms with van der Waals surface area (Å²) in [6.45, 7) is 9.35. The van der Waals surface area contributed by atoms with Crippen molar-refractivity contribution in [2.24, 2.45) is 0 Å². The summed E-state index contributed by atoms with van der Waals surface area (Å²) in [4.78, 5) is 23.3. The van der Waals surface area contributed by atoms with Crippen LogP contribution in [0.4, 0.5) is 0 Å². The highest BCUT2D eigenvalue weighted by Gasteiger charge is 2.44. The summed E-state index contributed by atoms with van der Waals surface area (Å²) < 4.78 is 2.53. The van der Waals surface area contributed by atoms with Gasteiger partial charge in [-0.1, -0.05) is 68.4 Å². The van der Waals surface area contributed by atoms with Crippen molar-refractivity contribution in [3.05, 3.63) is 101 Å². The Morgan fingerprint density at radius 1 is 0.860 bits per heavy atom. The van der Waals surface area contributed by atoms with Crippen LogP contribution in [0.3, 0.4) is 0 Å². The molecule has 0 aliphatic carbocycles. The van der Waals surface area contributed by atoms with E-state index in [1.54, 1.807) is 0 Å². The molecule has 2 bridgehead atoms. The minimum Gasteiger partial charge on any atom is -0.339 e. The summed E-state index contributed by atoms with van der Waals surface area (Å²) in [6, 6.07) is 29.9. The van der Waals surface area contributed by atoms with E-state index in [1.807, 2.05) is 12.1 Å². The first-order valence-electron chi connectivity index (χ1n) is 16.6. The van der Waals surface area contributed by atoms with E-state index in [0.29, 0.717) is 24.0 Å². The highest BCUT2D eigenvalue weighted by atomic mass is 16.2. The number of piperidine rings is 2. The molecule has 3 aliphatic heterocycles. The number of imidazole rings is 1. The van der Waals surface area contributed by atoms with Crippen LogP contribution in [0.15, 0.2) is 78.9 Å². The van der Waals surface area contributed by atoms with E-state index >= 15 is 0 Å². The van der Waals surface area contributed by atoms with E-state index in [0.717, 1.165) is 55.8 Å². The minimum atomic E-state index is 0.118. The Hall–Kier alpha value is -3.44. The first kappa shape index (κ1) is 28.3. The van der Waals surface area contributed by atoms with E-state index in [2.05, 4.69) is 102 Å². The SMILES string of the molecule is Cc1nc2ccccc2n1C1C[C@H]2CC[C@@H](C1)N2CCC1(c2ccccc2)CCN(C(=O)c2ccc(C(C)C)cc2)CC1. The van der Waals surface area contributed by atoms with Gasteiger partial charge in [-0.25, -0.2) is 4.98 Å². The smallest absolute Gasteiger partial charge is 0.253 e. The van der Waals surface area contributed by atoms with Crippen molar-refractivity contribution >= 4 is 16.9 Å². The molecule has 0 radical (unpaired) electrons. The van der Waals surface area contributed by atoms with Crippen LogP contribution < -0.4 is 0 Å². The molecular weight excluding hydrogens is 528 g/mol. The maximum absolute atomic E-state index is 13.5. The molecule has 0 N–H and O–H groups in total. The zero-order valence-corrected chi connectivity index (χ0v) is 26.1. The fourth-order valence-corrected chi connectivity index (χ4v) is 8.60. The van der Waals surface area contributed by atoms with E-state index in [1.165, 1.54) is 42.3 Å². The van der Waals surface area contributed by atoms with Gasteiger partial charge in [0.2, 0.25) is 0 Å². The van der Waals surface area contributed by atoms with Crippen LogP contribution in [0.25, 0.3) is 11.0 Å². The predicted octanol–water partition coefficient (Wildman–Crippen LogP) is 7.90. The second-order valence-corrected chi connectivity index (χ2v) is 13.7. The number of para-hydroxylation sites is 2. The van der Waals surface area contributed by atoms with Crippen molar-refractivity contribution in [3.8, 4) is 0 Å². The Bertz CT molecular complexity index is 1550. The van der Waals surface area contributed by atoms with Crippen molar-refractivity contribution in [1.29, 1.82) is 0 Å². The highest BCUT2D eigenvalue weighted by Crippen LogP contribution is 2.45. The third-order valence-electron chi connectivity index (χ3n) is 11.1. The average molecular weight is 575 g/mol. The molecule has 3 atom stereocenters. The number of benzene rings is 3. The summed E-state index contributed by atoms with van der Waals surface area (Å²) in [5, 5.41) is 0. The molecule has 0 saturated carbocycles. The zero-order chi connectivity index (χ0) is 29.6. The lowest BCUT2D eigenvalue weighted by Crippen LogP contribution is -2.49. The topological polar surface area (TPSA) is 41.4 Å². The number of likely N-dealkylation sites (tertiary alicyclic amines) is 1. The van der Waals surface area contributed by atoms with Crippen LogP contribution in [0.2, 0.25) is 0 Å². The number of carbonyl (C=O) groups is 1. The number of hydrogen-bond acceptors (Lipinski definition) is 3. The molecule has 0 spiro atoms. The lowest BCUT2D eigenvalue weighted by molar-refractivity contribution is 0.0607. The summed E-state index contributed by atoms with van der Waals surface area (Å²) >= 11 is 0. The molecule has 1 aromatic heterocycles.